The van der Waals surface area contributed by atoms with Crippen molar-refractivity contribution in [3.63, 3.8) is 0 Å². The molecular formula is C13H12FNOS2. The van der Waals surface area contributed by atoms with Crippen molar-refractivity contribution in [2.75, 3.05) is 6.54 Å². The van der Waals surface area contributed by atoms with Crippen LogP contribution in [0.2, 0.25) is 0 Å². The Labute approximate surface area is 115 Å². The summed E-state index contributed by atoms with van der Waals surface area (Å²) in [4.78, 5) is 14.1. The van der Waals surface area contributed by atoms with Gasteiger partial charge in [-0.25, -0.2) is 4.39 Å². The molecule has 0 aromatic heterocycles. The molecule has 1 aromatic carbocycles. The minimum absolute atomic E-state index is 0.102. The molecule has 0 aliphatic carbocycles. The van der Waals surface area contributed by atoms with E-state index in [1.165, 1.54) is 28.8 Å². The number of rotatable bonds is 2. The van der Waals surface area contributed by atoms with E-state index >= 15 is 0 Å². The van der Waals surface area contributed by atoms with E-state index in [-0.39, 0.29) is 11.7 Å². The molecule has 1 aromatic rings. The summed E-state index contributed by atoms with van der Waals surface area (Å²) in [6.07, 6.45) is 1.69. The predicted octanol–water partition coefficient (Wildman–Crippen LogP) is 3.36. The second-order valence-electron chi connectivity index (χ2n) is 3.99. The maximum absolute atomic E-state index is 13.3. The Bertz CT molecular complexity index is 534. The summed E-state index contributed by atoms with van der Waals surface area (Å²) in [5, 5.41) is 0. The van der Waals surface area contributed by atoms with E-state index < -0.39 is 0 Å². The highest BCUT2D eigenvalue weighted by atomic mass is 32.2. The van der Waals surface area contributed by atoms with Gasteiger partial charge in [0, 0.05) is 6.54 Å². The summed E-state index contributed by atoms with van der Waals surface area (Å²) in [6, 6.07) is 4.70. The van der Waals surface area contributed by atoms with Crippen molar-refractivity contribution in [2.24, 2.45) is 0 Å². The summed E-state index contributed by atoms with van der Waals surface area (Å²) in [5.41, 5.74) is 1.51. The van der Waals surface area contributed by atoms with Crippen LogP contribution < -0.4 is 0 Å². The van der Waals surface area contributed by atoms with Crippen LogP contribution in [0.15, 0.2) is 23.1 Å². The second kappa shape index (κ2) is 5.20. The zero-order chi connectivity index (χ0) is 13.3. The van der Waals surface area contributed by atoms with Crippen LogP contribution in [0.1, 0.15) is 18.1 Å². The van der Waals surface area contributed by atoms with Crippen molar-refractivity contribution in [3.05, 3.63) is 40.0 Å². The SMILES string of the molecule is CCN1C(=O)/C(=C/c2cc(C)cc(F)c2)SC1=S. The smallest absolute Gasteiger partial charge is 0.266 e. The predicted molar refractivity (Wildman–Crippen MR) is 76.7 cm³/mol. The number of hydrogen-bond acceptors (Lipinski definition) is 3. The fourth-order valence-electron chi connectivity index (χ4n) is 1.77. The van der Waals surface area contributed by atoms with Gasteiger partial charge in [0.05, 0.1) is 4.91 Å². The molecule has 2 nitrogen and oxygen atoms in total. The summed E-state index contributed by atoms with van der Waals surface area (Å²) in [6.45, 7) is 4.25. The van der Waals surface area contributed by atoms with E-state index in [0.29, 0.717) is 21.3 Å². The average molecular weight is 281 g/mol. The Morgan fingerprint density at radius 3 is 2.72 bits per heavy atom. The molecule has 0 bridgehead atoms. The molecule has 0 atom stereocenters. The van der Waals surface area contributed by atoms with Crippen LogP contribution in [0.4, 0.5) is 4.39 Å². The molecule has 2 rings (SSSR count). The highest BCUT2D eigenvalue weighted by Gasteiger charge is 2.30. The number of thiocarbonyl (C=S) groups is 1. The lowest BCUT2D eigenvalue weighted by Crippen LogP contribution is -2.27. The van der Waals surface area contributed by atoms with E-state index in [4.69, 9.17) is 12.2 Å². The quantitative estimate of drug-likeness (QED) is 0.612. The van der Waals surface area contributed by atoms with E-state index in [9.17, 15) is 9.18 Å². The number of amides is 1. The number of halogens is 1. The summed E-state index contributed by atoms with van der Waals surface area (Å²) < 4.78 is 13.8. The number of thioether (sulfide) groups is 1. The summed E-state index contributed by atoms with van der Waals surface area (Å²) in [5.74, 6) is -0.401. The Hall–Kier alpha value is -1.20. The molecular weight excluding hydrogens is 269 g/mol. The van der Waals surface area contributed by atoms with Gasteiger partial charge in [-0.2, -0.15) is 0 Å². The number of hydrogen-bond donors (Lipinski definition) is 0. The molecule has 0 radical (unpaired) electrons. The maximum Gasteiger partial charge on any atom is 0.266 e. The Morgan fingerprint density at radius 2 is 2.17 bits per heavy atom. The van der Waals surface area contributed by atoms with Gasteiger partial charge in [-0.1, -0.05) is 30.0 Å². The van der Waals surface area contributed by atoms with Crippen LogP contribution in [0.3, 0.4) is 0 Å². The normalized spacial score (nSPS) is 17.9. The number of nitrogens with zero attached hydrogens (tertiary/aromatic N) is 1. The third-order valence-electron chi connectivity index (χ3n) is 2.55. The molecule has 5 heteroatoms. The molecule has 1 heterocycles. The number of carbonyl (C=O) groups excluding carboxylic acids is 1. The lowest BCUT2D eigenvalue weighted by atomic mass is 10.1. The van der Waals surface area contributed by atoms with Gasteiger partial charge in [-0.3, -0.25) is 9.69 Å². The molecule has 94 valence electrons. The monoisotopic (exact) mass is 281 g/mol. The fourth-order valence-corrected chi connectivity index (χ4v) is 3.16. The largest absolute Gasteiger partial charge is 0.293 e. The highest BCUT2D eigenvalue weighted by molar-refractivity contribution is 8.26. The number of carbonyl (C=O) groups is 1. The first kappa shape index (κ1) is 13.2. The highest BCUT2D eigenvalue weighted by Crippen LogP contribution is 2.32. The van der Waals surface area contributed by atoms with Gasteiger partial charge in [-0.05, 0) is 43.2 Å². The van der Waals surface area contributed by atoms with E-state index in [2.05, 4.69) is 0 Å². The molecule has 0 unspecified atom stereocenters. The molecule has 0 saturated carbocycles. The van der Waals surface area contributed by atoms with E-state index in [1.807, 2.05) is 19.9 Å². The molecule has 1 fully saturated rings. The van der Waals surface area contributed by atoms with Crippen LogP contribution in [-0.2, 0) is 4.79 Å². The molecule has 1 amide bonds. The Kier molecular flexibility index (Phi) is 3.82. The van der Waals surface area contributed by atoms with Crippen molar-refractivity contribution < 1.29 is 9.18 Å². The first-order chi connectivity index (χ1) is 8.51. The van der Waals surface area contributed by atoms with Gasteiger partial charge in [0.1, 0.15) is 10.1 Å². The minimum Gasteiger partial charge on any atom is -0.293 e. The van der Waals surface area contributed by atoms with Crippen LogP contribution in [-0.4, -0.2) is 21.7 Å². The van der Waals surface area contributed by atoms with Crippen molar-refractivity contribution in [3.8, 4) is 0 Å². The standard InChI is InChI=1S/C13H12FNOS2/c1-3-15-12(16)11(18-13(15)17)7-9-4-8(2)5-10(14)6-9/h4-7H,3H2,1-2H3/b11-7-. The lowest BCUT2D eigenvalue weighted by molar-refractivity contribution is -0.121. The average Bonchev–Trinajstić information content (AvgIpc) is 2.52. The van der Waals surface area contributed by atoms with Gasteiger partial charge in [0.2, 0.25) is 0 Å². The van der Waals surface area contributed by atoms with Crippen LogP contribution in [0, 0.1) is 12.7 Å². The third kappa shape index (κ3) is 2.62. The molecule has 0 N–H and O–H groups in total. The van der Waals surface area contributed by atoms with Crippen molar-refractivity contribution in [1.82, 2.24) is 4.90 Å². The molecule has 0 spiro atoms. The van der Waals surface area contributed by atoms with Crippen LogP contribution >= 0.6 is 24.0 Å². The fraction of sp³-hybridized carbons (Fsp3) is 0.231. The summed E-state index contributed by atoms with van der Waals surface area (Å²) in [7, 11) is 0. The van der Waals surface area contributed by atoms with Gasteiger partial charge >= 0.3 is 0 Å². The van der Waals surface area contributed by atoms with Crippen molar-refractivity contribution in [2.45, 2.75) is 13.8 Å². The van der Waals surface area contributed by atoms with Crippen LogP contribution in [0.5, 0.6) is 0 Å². The number of benzene rings is 1. The summed E-state index contributed by atoms with van der Waals surface area (Å²) >= 11 is 6.37. The second-order valence-corrected chi connectivity index (χ2v) is 5.66. The maximum atomic E-state index is 13.3. The number of likely N-dealkylation sites (N-methyl/N-ethyl adjacent to an activating group) is 1. The molecule has 1 saturated heterocycles. The molecule has 18 heavy (non-hydrogen) atoms. The van der Waals surface area contributed by atoms with Crippen molar-refractivity contribution in [1.29, 1.82) is 0 Å². The third-order valence-corrected chi connectivity index (χ3v) is 3.93. The van der Waals surface area contributed by atoms with Gasteiger partial charge in [0.15, 0.2) is 0 Å². The minimum atomic E-state index is -0.299. The lowest BCUT2D eigenvalue weighted by Gasteiger charge is -2.09. The molecule has 1 aliphatic rings. The zero-order valence-corrected chi connectivity index (χ0v) is 11.7. The first-order valence-electron chi connectivity index (χ1n) is 5.54. The van der Waals surface area contributed by atoms with E-state index in [1.54, 1.807) is 6.08 Å². The first-order valence-corrected chi connectivity index (χ1v) is 6.76. The van der Waals surface area contributed by atoms with E-state index in [0.717, 1.165) is 5.56 Å². The topological polar surface area (TPSA) is 20.3 Å². The zero-order valence-electron chi connectivity index (χ0n) is 10.1. The Morgan fingerprint density at radius 1 is 1.44 bits per heavy atom. The Balaban J connectivity index is 2.34. The number of aryl methyl sites for hydroxylation is 1. The van der Waals surface area contributed by atoms with Gasteiger partial charge in [0.25, 0.3) is 5.91 Å². The van der Waals surface area contributed by atoms with Crippen LogP contribution in [0.25, 0.3) is 6.08 Å². The molecule has 1 aliphatic heterocycles. The van der Waals surface area contributed by atoms with Gasteiger partial charge < -0.3 is 0 Å². The van der Waals surface area contributed by atoms with Crippen molar-refractivity contribution >= 4 is 40.3 Å². The van der Waals surface area contributed by atoms with Gasteiger partial charge in [-0.15, -0.1) is 0 Å².